The third-order valence-corrected chi connectivity index (χ3v) is 4.96. The van der Waals surface area contributed by atoms with E-state index in [0.29, 0.717) is 18.1 Å². The van der Waals surface area contributed by atoms with Crippen molar-refractivity contribution in [2.45, 2.75) is 40.7 Å². The van der Waals surface area contributed by atoms with Crippen molar-refractivity contribution in [1.29, 1.82) is 0 Å². The molecule has 0 fully saturated rings. The van der Waals surface area contributed by atoms with Crippen molar-refractivity contribution in [2.24, 2.45) is 0 Å². The van der Waals surface area contributed by atoms with Gasteiger partial charge in [0.25, 0.3) is 0 Å². The second-order valence-electron chi connectivity index (χ2n) is 7.71. The van der Waals surface area contributed by atoms with Gasteiger partial charge in [-0.15, -0.1) is 0 Å². The molecule has 0 atom stereocenters. The van der Waals surface area contributed by atoms with E-state index in [1.807, 2.05) is 35.0 Å². The fourth-order valence-corrected chi connectivity index (χ4v) is 3.13. The number of methoxy groups -OCH3 is 1. The van der Waals surface area contributed by atoms with Crippen molar-refractivity contribution in [1.82, 2.24) is 14.8 Å². The molecule has 2 aromatic heterocycles. The van der Waals surface area contributed by atoms with E-state index in [4.69, 9.17) is 15.6 Å². The van der Waals surface area contributed by atoms with Gasteiger partial charge in [-0.25, -0.2) is 9.67 Å². The van der Waals surface area contributed by atoms with Crippen molar-refractivity contribution in [3.63, 3.8) is 0 Å². The molecule has 0 aliphatic carbocycles. The van der Waals surface area contributed by atoms with E-state index in [1.165, 1.54) is 5.57 Å². The first kappa shape index (κ1) is 22.2. The summed E-state index contributed by atoms with van der Waals surface area (Å²) in [6.45, 7) is 9.02. The number of ether oxygens (including phenoxy) is 1. The van der Waals surface area contributed by atoms with Gasteiger partial charge in [0.1, 0.15) is 0 Å². The lowest BCUT2D eigenvalue weighted by molar-refractivity contribution is 0.397. The van der Waals surface area contributed by atoms with Crippen LogP contribution in [0, 0.1) is 0 Å². The number of nitrogen functional groups attached to an aromatic ring is 1. The van der Waals surface area contributed by atoms with Crippen LogP contribution in [0.25, 0.3) is 11.3 Å². The number of nitrogens with one attached hydrogen (secondary N) is 1. The van der Waals surface area contributed by atoms with Crippen LogP contribution in [0.5, 0.6) is 5.88 Å². The molecule has 0 amide bonds. The molecule has 0 radical (unpaired) electrons. The lowest BCUT2D eigenvalue weighted by Gasteiger charge is -2.13. The van der Waals surface area contributed by atoms with Crippen LogP contribution in [0.15, 0.2) is 60.3 Å². The highest BCUT2D eigenvalue weighted by Gasteiger charge is 2.12. The summed E-state index contributed by atoms with van der Waals surface area (Å²) in [6, 6.07) is 12.0. The van der Waals surface area contributed by atoms with E-state index >= 15 is 0 Å². The van der Waals surface area contributed by atoms with Crippen molar-refractivity contribution < 1.29 is 4.74 Å². The highest BCUT2D eigenvalue weighted by atomic mass is 16.5. The molecule has 0 bridgehead atoms. The van der Waals surface area contributed by atoms with Crippen LogP contribution in [-0.2, 0) is 13.0 Å². The van der Waals surface area contributed by atoms with Crippen molar-refractivity contribution in [2.75, 3.05) is 18.2 Å². The zero-order chi connectivity index (χ0) is 22.4. The van der Waals surface area contributed by atoms with Gasteiger partial charge in [0.2, 0.25) is 5.88 Å². The Kier molecular flexibility index (Phi) is 7.13. The Morgan fingerprint density at radius 3 is 2.55 bits per heavy atom. The van der Waals surface area contributed by atoms with E-state index in [2.05, 4.69) is 56.2 Å². The fourth-order valence-electron chi connectivity index (χ4n) is 3.13. The minimum Gasteiger partial charge on any atom is -0.481 e. The molecular formula is C25H31N5O. The number of hydrogen-bond donors (Lipinski definition) is 2. The molecule has 0 spiro atoms. The van der Waals surface area contributed by atoms with Gasteiger partial charge < -0.3 is 15.8 Å². The minimum atomic E-state index is 0.600. The number of aryl methyl sites for hydroxylation is 1. The van der Waals surface area contributed by atoms with Crippen LogP contribution >= 0.6 is 0 Å². The Balaban J connectivity index is 1.84. The smallest absolute Gasteiger partial charge is 0.212 e. The molecule has 0 saturated heterocycles. The summed E-state index contributed by atoms with van der Waals surface area (Å²) in [5.41, 5.74) is 14.4. The maximum Gasteiger partial charge on any atom is 0.212 e. The number of allylic oxidation sites excluding steroid dienone is 4. The molecule has 3 N–H and O–H groups in total. The summed E-state index contributed by atoms with van der Waals surface area (Å²) >= 11 is 0. The monoisotopic (exact) mass is 417 g/mol. The average Bonchev–Trinajstić information content (AvgIpc) is 3.21. The topological polar surface area (TPSA) is 78.0 Å². The molecule has 0 unspecified atom stereocenters. The predicted octanol–water partition coefficient (Wildman–Crippen LogP) is 5.40. The molecule has 162 valence electrons. The summed E-state index contributed by atoms with van der Waals surface area (Å²) in [6.07, 6.45) is 6.92. The number of rotatable bonds is 8. The van der Waals surface area contributed by atoms with E-state index in [1.54, 1.807) is 13.3 Å². The summed E-state index contributed by atoms with van der Waals surface area (Å²) < 4.78 is 7.07. The first-order valence-electron chi connectivity index (χ1n) is 10.4. The molecule has 1 aromatic carbocycles. The second-order valence-corrected chi connectivity index (χ2v) is 7.71. The maximum absolute atomic E-state index is 6.37. The van der Waals surface area contributed by atoms with E-state index < -0.39 is 0 Å². The molecule has 3 aromatic rings. The van der Waals surface area contributed by atoms with Crippen LogP contribution in [0.4, 0.5) is 11.4 Å². The Morgan fingerprint density at radius 2 is 1.94 bits per heavy atom. The number of aromatic nitrogens is 3. The lowest BCUT2D eigenvalue weighted by atomic mass is 10.1. The van der Waals surface area contributed by atoms with Gasteiger partial charge >= 0.3 is 0 Å². The minimum absolute atomic E-state index is 0.600. The Morgan fingerprint density at radius 1 is 1.13 bits per heavy atom. The first-order chi connectivity index (χ1) is 14.9. The molecule has 6 heteroatoms. The van der Waals surface area contributed by atoms with Crippen LogP contribution < -0.4 is 15.8 Å². The summed E-state index contributed by atoms with van der Waals surface area (Å²) in [4.78, 5) is 4.23. The normalized spacial score (nSPS) is 11.3. The lowest BCUT2D eigenvalue weighted by Crippen LogP contribution is -2.06. The Bertz CT molecular complexity index is 1090. The average molecular weight is 418 g/mol. The van der Waals surface area contributed by atoms with E-state index in [0.717, 1.165) is 40.3 Å². The van der Waals surface area contributed by atoms with Gasteiger partial charge in [-0.1, -0.05) is 30.7 Å². The number of nitrogens with zero attached hydrogens (tertiary/aromatic N) is 3. The molecule has 2 heterocycles. The zero-order valence-corrected chi connectivity index (χ0v) is 18.9. The summed E-state index contributed by atoms with van der Waals surface area (Å²) in [5, 5.41) is 8.16. The first-order valence-corrected chi connectivity index (χ1v) is 10.4. The summed E-state index contributed by atoms with van der Waals surface area (Å²) in [5.74, 6) is 0.600. The predicted molar refractivity (Wildman–Crippen MR) is 129 cm³/mol. The van der Waals surface area contributed by atoms with Gasteiger partial charge in [-0.2, -0.15) is 5.10 Å². The van der Waals surface area contributed by atoms with E-state index in [-0.39, 0.29) is 0 Å². The molecule has 31 heavy (non-hydrogen) atoms. The highest BCUT2D eigenvalue weighted by molar-refractivity contribution is 5.71. The van der Waals surface area contributed by atoms with Crippen LogP contribution in [0.2, 0.25) is 0 Å². The van der Waals surface area contributed by atoms with Gasteiger partial charge in [0, 0.05) is 18.8 Å². The fraction of sp³-hybridized carbons (Fsp3) is 0.280. The number of hydrogen-bond acceptors (Lipinski definition) is 5. The van der Waals surface area contributed by atoms with Crippen molar-refractivity contribution in [3.05, 3.63) is 77.3 Å². The SMILES string of the molecule is CCc1cc(/C(C)=C/C=C(C)C)n(-c2ccc(NCc3ccc(OC)nc3)c(N)c2)n1. The number of benzene rings is 1. The molecular weight excluding hydrogens is 386 g/mol. The van der Waals surface area contributed by atoms with Gasteiger partial charge in [-0.05, 0) is 62.6 Å². The van der Waals surface area contributed by atoms with Gasteiger partial charge in [0.05, 0.1) is 35.6 Å². The van der Waals surface area contributed by atoms with Gasteiger partial charge in [0.15, 0.2) is 0 Å². The zero-order valence-electron chi connectivity index (χ0n) is 18.9. The summed E-state index contributed by atoms with van der Waals surface area (Å²) in [7, 11) is 1.61. The Labute approximate surface area is 184 Å². The standard InChI is InChI=1S/C25H31N5O/c1-6-20-13-24(18(4)8-7-17(2)3)30(29-20)21-10-11-23(22(26)14-21)27-15-19-9-12-25(31-5)28-16-19/h7-14,16,27H,6,15,26H2,1-5H3/b18-8+. The molecule has 0 saturated carbocycles. The number of anilines is 2. The van der Waals surface area contributed by atoms with Gasteiger partial charge in [-0.3, -0.25) is 0 Å². The van der Waals surface area contributed by atoms with Crippen LogP contribution in [0.1, 0.15) is 44.6 Å². The van der Waals surface area contributed by atoms with Crippen LogP contribution in [-0.4, -0.2) is 21.9 Å². The second kappa shape index (κ2) is 9.98. The Hall–Kier alpha value is -3.54. The molecule has 0 aliphatic rings. The highest BCUT2D eigenvalue weighted by Crippen LogP contribution is 2.26. The number of nitrogens with two attached hydrogens (primary N) is 1. The van der Waals surface area contributed by atoms with E-state index in [9.17, 15) is 0 Å². The van der Waals surface area contributed by atoms with Crippen LogP contribution in [0.3, 0.4) is 0 Å². The molecule has 3 rings (SSSR count). The number of pyridine rings is 1. The largest absolute Gasteiger partial charge is 0.481 e. The third-order valence-electron chi connectivity index (χ3n) is 4.96. The molecule has 0 aliphatic heterocycles. The van der Waals surface area contributed by atoms with Crippen molar-refractivity contribution >= 4 is 16.9 Å². The maximum atomic E-state index is 6.37. The third kappa shape index (κ3) is 5.54. The molecule has 6 nitrogen and oxygen atoms in total. The quantitative estimate of drug-likeness (QED) is 0.379. The van der Waals surface area contributed by atoms with Crippen molar-refractivity contribution in [3.8, 4) is 11.6 Å².